The maximum absolute atomic E-state index is 13.5. The van der Waals surface area contributed by atoms with Gasteiger partial charge in [-0.05, 0) is 25.7 Å². The van der Waals surface area contributed by atoms with Gasteiger partial charge in [-0.1, -0.05) is 13.8 Å². The monoisotopic (exact) mass is 343 g/mol. The summed E-state index contributed by atoms with van der Waals surface area (Å²) in [5, 5.41) is 13.3. The largest absolute Gasteiger partial charge is 0.481 e. The van der Waals surface area contributed by atoms with Gasteiger partial charge in [-0.3, -0.25) is 14.3 Å². The lowest BCUT2D eigenvalue weighted by molar-refractivity contribution is -0.150. The molecule has 1 fully saturated rings. The van der Waals surface area contributed by atoms with Gasteiger partial charge in [0.15, 0.2) is 0 Å². The van der Waals surface area contributed by atoms with Gasteiger partial charge >= 0.3 is 5.97 Å². The third-order valence-corrected chi connectivity index (χ3v) is 4.36. The summed E-state index contributed by atoms with van der Waals surface area (Å²) < 4.78 is 28.1. The summed E-state index contributed by atoms with van der Waals surface area (Å²) in [4.78, 5) is 25.4. The van der Waals surface area contributed by atoms with Crippen molar-refractivity contribution in [3.05, 3.63) is 17.5 Å². The first-order valence-electron chi connectivity index (χ1n) is 8.02. The van der Waals surface area contributed by atoms with E-state index in [0.29, 0.717) is 25.9 Å². The molecule has 0 bridgehead atoms. The molecule has 1 amide bonds. The maximum Gasteiger partial charge on any atom is 0.311 e. The fraction of sp³-hybridized carbons (Fsp3) is 0.688. The molecule has 1 aromatic rings. The number of aliphatic carboxylic acids is 1. The molecule has 1 atom stereocenters. The van der Waals surface area contributed by atoms with Crippen LogP contribution in [0.5, 0.6) is 0 Å². The van der Waals surface area contributed by atoms with Crippen molar-refractivity contribution in [1.82, 2.24) is 14.7 Å². The van der Waals surface area contributed by atoms with Crippen LogP contribution in [0.4, 0.5) is 8.78 Å². The van der Waals surface area contributed by atoms with Crippen molar-refractivity contribution in [1.29, 1.82) is 0 Å². The number of carboxylic acid groups (broad SMARTS) is 1. The number of halogens is 2. The second-order valence-corrected chi connectivity index (χ2v) is 7.02. The molecule has 0 aromatic carbocycles. The van der Waals surface area contributed by atoms with Gasteiger partial charge in [-0.15, -0.1) is 0 Å². The van der Waals surface area contributed by atoms with E-state index >= 15 is 0 Å². The average Bonchev–Trinajstić information content (AvgIpc) is 2.89. The van der Waals surface area contributed by atoms with Crippen molar-refractivity contribution < 1.29 is 23.5 Å². The van der Waals surface area contributed by atoms with Crippen molar-refractivity contribution >= 4 is 11.9 Å². The molecule has 134 valence electrons. The molecule has 1 N–H and O–H groups in total. The predicted molar refractivity (Wildman–Crippen MR) is 82.9 cm³/mol. The van der Waals surface area contributed by atoms with Crippen molar-refractivity contribution in [2.75, 3.05) is 13.1 Å². The summed E-state index contributed by atoms with van der Waals surface area (Å²) in [6.45, 7) is 5.99. The molecule has 1 aliphatic rings. The highest BCUT2D eigenvalue weighted by Crippen LogP contribution is 2.32. The van der Waals surface area contributed by atoms with E-state index in [-0.39, 0.29) is 18.0 Å². The predicted octanol–water partition coefficient (Wildman–Crippen LogP) is 2.80. The summed E-state index contributed by atoms with van der Waals surface area (Å²) in [5.41, 5.74) is -1.58. The van der Waals surface area contributed by atoms with Crippen LogP contribution >= 0.6 is 0 Å². The fourth-order valence-corrected chi connectivity index (χ4v) is 3.04. The average molecular weight is 343 g/mol. The third-order valence-electron chi connectivity index (χ3n) is 4.36. The molecule has 0 aliphatic carbocycles. The van der Waals surface area contributed by atoms with Gasteiger partial charge in [0.05, 0.1) is 17.2 Å². The smallest absolute Gasteiger partial charge is 0.311 e. The Labute approximate surface area is 139 Å². The summed E-state index contributed by atoms with van der Waals surface area (Å²) in [5.74, 6) is -1.45. The van der Waals surface area contributed by atoms with E-state index in [1.807, 2.05) is 13.8 Å². The van der Waals surface area contributed by atoms with E-state index in [1.54, 1.807) is 6.92 Å². The van der Waals surface area contributed by atoms with Crippen LogP contribution in [0, 0.1) is 11.3 Å². The molecular formula is C16H23F2N3O3. The molecule has 1 saturated heterocycles. The Morgan fingerprint density at radius 1 is 1.42 bits per heavy atom. The van der Waals surface area contributed by atoms with E-state index in [9.17, 15) is 23.5 Å². The fourth-order valence-electron chi connectivity index (χ4n) is 3.04. The van der Waals surface area contributed by atoms with E-state index < -0.39 is 29.4 Å². The lowest BCUT2D eigenvalue weighted by Gasteiger charge is -2.37. The number of piperidine rings is 1. The molecule has 0 saturated carbocycles. The lowest BCUT2D eigenvalue weighted by Crippen LogP contribution is -2.48. The first-order chi connectivity index (χ1) is 11.2. The molecule has 1 aliphatic heterocycles. The molecule has 24 heavy (non-hydrogen) atoms. The molecule has 0 spiro atoms. The van der Waals surface area contributed by atoms with Crippen LogP contribution in [0.2, 0.25) is 0 Å². The van der Waals surface area contributed by atoms with Gasteiger partial charge in [-0.25, -0.2) is 8.78 Å². The minimum Gasteiger partial charge on any atom is -0.481 e. The van der Waals surface area contributed by atoms with Gasteiger partial charge in [0, 0.05) is 19.6 Å². The molecule has 1 aromatic heterocycles. The van der Waals surface area contributed by atoms with Crippen LogP contribution in [0.3, 0.4) is 0 Å². The number of nitrogens with zero attached hydrogens (tertiary/aromatic N) is 3. The highest BCUT2D eigenvalue weighted by Gasteiger charge is 2.40. The molecule has 8 heteroatoms. The van der Waals surface area contributed by atoms with Crippen molar-refractivity contribution in [2.24, 2.45) is 11.3 Å². The van der Waals surface area contributed by atoms with Crippen LogP contribution in [-0.4, -0.2) is 44.8 Å². The molecular weight excluding hydrogens is 320 g/mol. The van der Waals surface area contributed by atoms with Crippen LogP contribution in [0.25, 0.3) is 0 Å². The molecule has 1 unspecified atom stereocenters. The SMILES string of the molecule is CC(C)Cn1ncc(C(=O)N2CCCC(C)(C(=O)O)C2)c1C(F)F. The van der Waals surface area contributed by atoms with Crippen LogP contribution < -0.4 is 0 Å². The van der Waals surface area contributed by atoms with E-state index in [0.717, 1.165) is 0 Å². The third kappa shape index (κ3) is 3.57. The Morgan fingerprint density at radius 3 is 2.62 bits per heavy atom. The number of aromatic nitrogens is 2. The van der Waals surface area contributed by atoms with Crippen LogP contribution in [0.15, 0.2) is 6.20 Å². The van der Waals surface area contributed by atoms with E-state index in [1.165, 1.54) is 15.8 Å². The van der Waals surface area contributed by atoms with Gasteiger partial charge in [0.25, 0.3) is 12.3 Å². The molecule has 2 rings (SSSR count). The lowest BCUT2D eigenvalue weighted by atomic mass is 9.82. The van der Waals surface area contributed by atoms with E-state index in [2.05, 4.69) is 5.10 Å². The summed E-state index contributed by atoms with van der Waals surface area (Å²) >= 11 is 0. The molecule has 6 nitrogen and oxygen atoms in total. The number of carbonyl (C=O) groups excluding carboxylic acids is 1. The number of hydrogen-bond donors (Lipinski definition) is 1. The van der Waals surface area contributed by atoms with Crippen molar-refractivity contribution in [3.8, 4) is 0 Å². The maximum atomic E-state index is 13.5. The number of alkyl halides is 2. The standard InChI is InChI=1S/C16H23F2N3O3/c1-10(2)8-21-12(13(17)18)11(7-19-21)14(22)20-6-4-5-16(3,9-20)15(23)24/h7,10,13H,4-6,8-9H2,1-3H3,(H,23,24). The number of hydrogen-bond acceptors (Lipinski definition) is 3. The summed E-state index contributed by atoms with van der Waals surface area (Å²) in [6, 6.07) is 0. The number of rotatable bonds is 5. The first-order valence-corrected chi connectivity index (χ1v) is 8.02. The quantitative estimate of drug-likeness (QED) is 0.892. The second kappa shape index (κ2) is 6.86. The van der Waals surface area contributed by atoms with Gasteiger partial charge < -0.3 is 10.0 Å². The zero-order chi connectivity index (χ0) is 18.1. The zero-order valence-corrected chi connectivity index (χ0v) is 14.1. The number of carbonyl (C=O) groups is 2. The molecule has 0 radical (unpaired) electrons. The van der Waals surface area contributed by atoms with Gasteiger partial charge in [0.1, 0.15) is 5.69 Å². The topological polar surface area (TPSA) is 75.4 Å². The number of carboxylic acids is 1. The summed E-state index contributed by atoms with van der Waals surface area (Å²) in [7, 11) is 0. The number of likely N-dealkylation sites (tertiary alicyclic amines) is 1. The molecule has 2 heterocycles. The van der Waals surface area contributed by atoms with Crippen LogP contribution in [0.1, 0.15) is 56.1 Å². The second-order valence-electron chi connectivity index (χ2n) is 7.02. The van der Waals surface area contributed by atoms with Gasteiger partial charge in [-0.2, -0.15) is 5.10 Å². The zero-order valence-electron chi connectivity index (χ0n) is 14.1. The van der Waals surface area contributed by atoms with Gasteiger partial charge in [0.2, 0.25) is 0 Å². The Bertz CT molecular complexity index is 630. The Morgan fingerprint density at radius 2 is 2.08 bits per heavy atom. The van der Waals surface area contributed by atoms with E-state index in [4.69, 9.17) is 0 Å². The Hall–Kier alpha value is -1.99. The first kappa shape index (κ1) is 18.4. The van der Waals surface area contributed by atoms with Crippen LogP contribution in [-0.2, 0) is 11.3 Å². The highest BCUT2D eigenvalue weighted by atomic mass is 19.3. The number of amides is 1. The minimum absolute atomic E-state index is 0.0131. The minimum atomic E-state index is -2.82. The van der Waals surface area contributed by atoms with Crippen molar-refractivity contribution in [3.63, 3.8) is 0 Å². The Balaban J connectivity index is 2.29. The Kier molecular flexibility index (Phi) is 5.25. The summed E-state index contributed by atoms with van der Waals surface area (Å²) in [6.07, 6.45) is -0.668. The normalized spacial score (nSPS) is 21.5. The highest BCUT2D eigenvalue weighted by molar-refractivity contribution is 5.95. The van der Waals surface area contributed by atoms with Crippen molar-refractivity contribution in [2.45, 2.75) is 46.6 Å².